The second kappa shape index (κ2) is 11.7. The maximum absolute atomic E-state index is 13.4. The molecule has 1 aliphatic rings. The minimum atomic E-state index is -0.205. The maximum atomic E-state index is 13.4. The number of unbranched alkanes of at least 4 members (excludes halogenated alkanes) is 2. The zero-order valence-electron chi connectivity index (χ0n) is 18.9. The number of amides is 2. The summed E-state index contributed by atoms with van der Waals surface area (Å²) in [6.07, 6.45) is 5.41. The van der Waals surface area contributed by atoms with Crippen LogP contribution in [-0.2, 0) is 4.79 Å². The fourth-order valence-electron chi connectivity index (χ4n) is 3.97. The van der Waals surface area contributed by atoms with Crippen molar-refractivity contribution in [2.45, 2.75) is 57.5 Å². The van der Waals surface area contributed by atoms with Crippen LogP contribution in [-0.4, -0.2) is 36.3 Å². The highest BCUT2D eigenvalue weighted by Gasteiger charge is 2.24. The molecular weight excluding hydrogens is 407 g/mol. The molecule has 0 aliphatic carbocycles. The van der Waals surface area contributed by atoms with E-state index in [0.29, 0.717) is 30.3 Å². The molecule has 0 bridgehead atoms. The number of anilines is 1. The summed E-state index contributed by atoms with van der Waals surface area (Å²) in [5.41, 5.74) is 8.78. The van der Waals surface area contributed by atoms with E-state index in [0.717, 1.165) is 37.7 Å². The molecule has 0 aromatic heterocycles. The average Bonchev–Trinajstić information content (AvgIpc) is 3.27. The predicted molar refractivity (Wildman–Crippen MR) is 125 cm³/mol. The third kappa shape index (κ3) is 6.87. The van der Waals surface area contributed by atoms with E-state index in [-0.39, 0.29) is 23.7 Å². The number of hydrazine groups is 1. The van der Waals surface area contributed by atoms with Gasteiger partial charge in [-0.3, -0.25) is 20.4 Å². The maximum Gasteiger partial charge on any atom is 0.253 e. The van der Waals surface area contributed by atoms with Crippen LogP contribution in [0.3, 0.4) is 0 Å². The number of rotatable bonds is 10. The molecule has 0 radical (unpaired) electrons. The Bertz CT molecular complexity index is 920. The Morgan fingerprint density at radius 3 is 2.69 bits per heavy atom. The third-order valence-corrected chi connectivity index (χ3v) is 5.84. The van der Waals surface area contributed by atoms with Gasteiger partial charge in [0.25, 0.3) is 5.91 Å². The van der Waals surface area contributed by atoms with Crippen LogP contribution in [0.25, 0.3) is 0 Å². The Kier molecular flexibility index (Phi) is 8.76. The van der Waals surface area contributed by atoms with Crippen LogP contribution in [0.2, 0.25) is 0 Å². The summed E-state index contributed by atoms with van der Waals surface area (Å²) in [5.74, 6) is -0.321. The smallest absolute Gasteiger partial charge is 0.253 e. The van der Waals surface area contributed by atoms with Crippen molar-refractivity contribution in [3.05, 3.63) is 65.5 Å². The van der Waals surface area contributed by atoms with Gasteiger partial charge in [0.1, 0.15) is 5.82 Å². The second-order valence-corrected chi connectivity index (χ2v) is 8.39. The number of nitrogens with zero attached hydrogens (tertiary/aromatic N) is 1. The van der Waals surface area contributed by atoms with E-state index in [4.69, 9.17) is 0 Å². The minimum Gasteiger partial charge on any atom is -0.342 e. The zero-order valence-corrected chi connectivity index (χ0v) is 18.9. The van der Waals surface area contributed by atoms with Crippen LogP contribution in [0.4, 0.5) is 10.1 Å². The summed E-state index contributed by atoms with van der Waals surface area (Å²) in [6, 6.07) is 14.3. The molecular formula is C25H33FN4O2. The van der Waals surface area contributed by atoms with Gasteiger partial charge in [0.15, 0.2) is 0 Å². The van der Waals surface area contributed by atoms with Crippen LogP contribution >= 0.6 is 0 Å². The molecule has 1 fully saturated rings. The van der Waals surface area contributed by atoms with E-state index < -0.39 is 0 Å². The van der Waals surface area contributed by atoms with Crippen LogP contribution in [0.1, 0.15) is 67.4 Å². The highest BCUT2D eigenvalue weighted by Crippen LogP contribution is 2.25. The number of benzene rings is 2. The molecule has 2 unspecified atom stereocenters. The summed E-state index contributed by atoms with van der Waals surface area (Å²) in [5, 5.41) is 2.79. The third-order valence-electron chi connectivity index (χ3n) is 5.84. The Morgan fingerprint density at radius 1 is 1.09 bits per heavy atom. The van der Waals surface area contributed by atoms with Crippen LogP contribution in [0.15, 0.2) is 48.5 Å². The Morgan fingerprint density at radius 2 is 1.91 bits per heavy atom. The topological polar surface area (TPSA) is 73.5 Å². The predicted octanol–water partition coefficient (Wildman–Crippen LogP) is 4.41. The van der Waals surface area contributed by atoms with Crippen molar-refractivity contribution in [1.29, 1.82) is 0 Å². The normalized spacial score (nSPS) is 17.8. The Labute approximate surface area is 189 Å². The van der Waals surface area contributed by atoms with Crippen molar-refractivity contribution in [1.82, 2.24) is 15.8 Å². The van der Waals surface area contributed by atoms with E-state index in [1.165, 1.54) is 6.07 Å². The Hall–Kier alpha value is -2.77. The second-order valence-electron chi connectivity index (χ2n) is 8.39. The number of carbonyl (C=O) groups excluding carboxylic acids is 2. The lowest BCUT2D eigenvalue weighted by Crippen LogP contribution is -2.31. The van der Waals surface area contributed by atoms with Gasteiger partial charge in [0.05, 0.1) is 0 Å². The lowest BCUT2D eigenvalue weighted by atomic mass is 9.99. The highest BCUT2D eigenvalue weighted by atomic mass is 19.1. The highest BCUT2D eigenvalue weighted by molar-refractivity contribution is 5.97. The molecule has 1 saturated heterocycles. The SMILES string of the molecule is CCC(=O)Nc1cccc(C(=O)N(C)CCCCCC2CC(c3cccc(F)c3)NN2)c1. The van der Waals surface area contributed by atoms with Crippen molar-refractivity contribution in [2.24, 2.45) is 0 Å². The van der Waals surface area contributed by atoms with E-state index in [1.54, 1.807) is 48.2 Å². The molecule has 2 amide bonds. The molecule has 3 N–H and O–H groups in total. The van der Waals surface area contributed by atoms with Crippen molar-refractivity contribution < 1.29 is 14.0 Å². The van der Waals surface area contributed by atoms with Gasteiger partial charge in [-0.15, -0.1) is 0 Å². The molecule has 2 atom stereocenters. The van der Waals surface area contributed by atoms with E-state index in [9.17, 15) is 14.0 Å². The Balaban J connectivity index is 1.35. The summed E-state index contributed by atoms with van der Waals surface area (Å²) < 4.78 is 13.4. The average molecular weight is 441 g/mol. The van der Waals surface area contributed by atoms with Crippen molar-refractivity contribution in [3.63, 3.8) is 0 Å². The first-order valence-electron chi connectivity index (χ1n) is 11.4. The van der Waals surface area contributed by atoms with Crippen LogP contribution < -0.4 is 16.2 Å². The molecule has 0 saturated carbocycles. The van der Waals surface area contributed by atoms with E-state index in [2.05, 4.69) is 16.2 Å². The van der Waals surface area contributed by atoms with Gasteiger partial charge >= 0.3 is 0 Å². The first kappa shape index (κ1) is 23.9. The largest absolute Gasteiger partial charge is 0.342 e. The number of carbonyl (C=O) groups is 2. The number of hydrogen-bond acceptors (Lipinski definition) is 4. The van der Waals surface area contributed by atoms with E-state index >= 15 is 0 Å². The summed E-state index contributed by atoms with van der Waals surface area (Å²) in [4.78, 5) is 26.0. The lowest BCUT2D eigenvalue weighted by Gasteiger charge is -2.18. The molecule has 0 spiro atoms. The molecule has 7 heteroatoms. The standard InChI is InChI=1S/C25H33FN4O2/c1-3-24(31)27-21-13-8-10-19(16-21)25(32)30(2)14-6-4-5-12-22-17-23(29-28-22)18-9-7-11-20(26)15-18/h7-11,13,15-16,22-23,28-29H,3-6,12,14,17H2,1-2H3,(H,27,31). The fraction of sp³-hybridized carbons (Fsp3) is 0.440. The minimum absolute atomic E-state index is 0.0443. The molecule has 2 aromatic rings. The van der Waals surface area contributed by atoms with Gasteiger partial charge in [-0.25, -0.2) is 4.39 Å². The molecule has 32 heavy (non-hydrogen) atoms. The lowest BCUT2D eigenvalue weighted by molar-refractivity contribution is -0.115. The van der Waals surface area contributed by atoms with Gasteiger partial charge in [0, 0.05) is 43.3 Å². The van der Waals surface area contributed by atoms with Gasteiger partial charge < -0.3 is 10.2 Å². The monoisotopic (exact) mass is 440 g/mol. The molecule has 172 valence electrons. The number of nitrogens with one attached hydrogen (secondary N) is 3. The van der Waals surface area contributed by atoms with Gasteiger partial charge in [0.2, 0.25) is 5.91 Å². The quantitative estimate of drug-likeness (QED) is 0.479. The molecule has 1 heterocycles. The fourth-order valence-corrected chi connectivity index (χ4v) is 3.97. The summed E-state index contributed by atoms with van der Waals surface area (Å²) >= 11 is 0. The summed E-state index contributed by atoms with van der Waals surface area (Å²) in [6.45, 7) is 2.48. The molecule has 6 nitrogen and oxygen atoms in total. The van der Waals surface area contributed by atoms with Crippen LogP contribution in [0, 0.1) is 5.82 Å². The molecule has 3 rings (SSSR count). The molecule has 1 aliphatic heterocycles. The first-order chi connectivity index (χ1) is 15.5. The van der Waals surface area contributed by atoms with Gasteiger partial charge in [-0.2, -0.15) is 0 Å². The zero-order chi connectivity index (χ0) is 22.9. The van der Waals surface area contributed by atoms with Crippen molar-refractivity contribution in [3.8, 4) is 0 Å². The number of hydrogen-bond donors (Lipinski definition) is 3. The van der Waals surface area contributed by atoms with Crippen molar-refractivity contribution >= 4 is 17.5 Å². The van der Waals surface area contributed by atoms with Crippen LogP contribution in [0.5, 0.6) is 0 Å². The first-order valence-corrected chi connectivity index (χ1v) is 11.4. The molecule has 2 aromatic carbocycles. The number of halogens is 1. The van der Waals surface area contributed by atoms with Gasteiger partial charge in [-0.1, -0.05) is 38.0 Å². The summed E-state index contributed by atoms with van der Waals surface area (Å²) in [7, 11) is 1.81. The van der Waals surface area contributed by atoms with E-state index in [1.807, 2.05) is 13.1 Å². The van der Waals surface area contributed by atoms with Crippen molar-refractivity contribution in [2.75, 3.05) is 18.9 Å². The van der Waals surface area contributed by atoms with Gasteiger partial charge in [-0.05, 0) is 55.2 Å².